The highest BCUT2D eigenvalue weighted by molar-refractivity contribution is 6.63. The van der Waals surface area contributed by atoms with Crippen molar-refractivity contribution >= 4 is 28.4 Å². The molecular formula is C10H13ClN4O4. The predicted octanol–water partition coefficient (Wildman–Crippen LogP) is 0.912. The Morgan fingerprint density at radius 1 is 1.53 bits per heavy atom. The van der Waals surface area contributed by atoms with Crippen LogP contribution in [0.1, 0.15) is 29.0 Å². The van der Waals surface area contributed by atoms with Crippen LogP contribution in [0.25, 0.3) is 0 Å². The van der Waals surface area contributed by atoms with Gasteiger partial charge in [0.15, 0.2) is 0 Å². The minimum absolute atomic E-state index is 0.130. The maximum absolute atomic E-state index is 11.8. The van der Waals surface area contributed by atoms with Crippen LogP contribution in [0, 0.1) is 17.0 Å². The Labute approximate surface area is 113 Å². The van der Waals surface area contributed by atoms with Crippen LogP contribution in [0.15, 0.2) is 0 Å². The van der Waals surface area contributed by atoms with Crippen molar-refractivity contribution in [3.63, 3.8) is 0 Å². The van der Waals surface area contributed by atoms with Crippen LogP contribution < -0.4 is 5.32 Å². The van der Waals surface area contributed by atoms with Crippen molar-refractivity contribution in [1.29, 1.82) is 0 Å². The highest BCUT2D eigenvalue weighted by Crippen LogP contribution is 2.21. The normalized spacial score (nSPS) is 10.3. The topological polar surface area (TPSA) is 107 Å². The molecule has 104 valence electrons. The fraction of sp³-hybridized carbons (Fsp3) is 0.500. The molecule has 0 aromatic carbocycles. The maximum atomic E-state index is 11.8. The third kappa shape index (κ3) is 3.75. The van der Waals surface area contributed by atoms with Crippen LogP contribution in [0.5, 0.6) is 0 Å². The SMILES string of the molecule is Cc1c([N+](=O)[O-])c(C(=O)NCCCC(=O)Cl)nn1C. The van der Waals surface area contributed by atoms with Gasteiger partial charge >= 0.3 is 5.69 Å². The fourth-order valence-corrected chi connectivity index (χ4v) is 1.62. The van der Waals surface area contributed by atoms with Gasteiger partial charge in [0.1, 0.15) is 5.69 Å². The number of rotatable bonds is 6. The van der Waals surface area contributed by atoms with E-state index >= 15 is 0 Å². The van der Waals surface area contributed by atoms with E-state index in [4.69, 9.17) is 11.6 Å². The van der Waals surface area contributed by atoms with Crippen molar-refractivity contribution in [2.45, 2.75) is 19.8 Å². The molecule has 1 rings (SSSR count). The number of carbonyl (C=O) groups is 2. The van der Waals surface area contributed by atoms with Crippen molar-refractivity contribution in [3.8, 4) is 0 Å². The van der Waals surface area contributed by atoms with E-state index in [0.717, 1.165) is 0 Å². The van der Waals surface area contributed by atoms with Gasteiger partial charge in [-0.3, -0.25) is 24.4 Å². The molecule has 9 heteroatoms. The van der Waals surface area contributed by atoms with Gasteiger partial charge in [0.05, 0.1) is 4.92 Å². The number of halogens is 1. The number of aromatic nitrogens is 2. The Bertz CT molecular complexity index is 526. The predicted molar refractivity (Wildman–Crippen MR) is 67.0 cm³/mol. The molecule has 0 saturated heterocycles. The molecule has 1 heterocycles. The van der Waals surface area contributed by atoms with E-state index in [-0.39, 0.29) is 24.3 Å². The van der Waals surface area contributed by atoms with Gasteiger partial charge in [-0.15, -0.1) is 0 Å². The Balaban J connectivity index is 2.75. The highest BCUT2D eigenvalue weighted by atomic mass is 35.5. The molecular weight excluding hydrogens is 276 g/mol. The summed E-state index contributed by atoms with van der Waals surface area (Å²) < 4.78 is 1.27. The Kier molecular flexibility index (Phi) is 4.99. The zero-order valence-corrected chi connectivity index (χ0v) is 11.2. The van der Waals surface area contributed by atoms with Gasteiger partial charge in [0.2, 0.25) is 10.9 Å². The summed E-state index contributed by atoms with van der Waals surface area (Å²) in [5, 5.41) is 16.7. The first-order valence-corrected chi connectivity index (χ1v) is 5.87. The number of hydrogen-bond acceptors (Lipinski definition) is 5. The molecule has 19 heavy (non-hydrogen) atoms. The molecule has 0 radical (unpaired) electrons. The van der Waals surface area contributed by atoms with Gasteiger partial charge in [-0.05, 0) is 24.9 Å². The van der Waals surface area contributed by atoms with Crippen molar-refractivity contribution in [1.82, 2.24) is 15.1 Å². The lowest BCUT2D eigenvalue weighted by molar-refractivity contribution is -0.385. The molecule has 0 bridgehead atoms. The summed E-state index contributed by atoms with van der Waals surface area (Å²) in [4.78, 5) is 32.5. The van der Waals surface area contributed by atoms with Gasteiger partial charge in [-0.25, -0.2) is 0 Å². The second-order valence-corrected chi connectivity index (χ2v) is 4.30. The van der Waals surface area contributed by atoms with Crippen LogP contribution in [-0.4, -0.2) is 32.4 Å². The molecule has 1 N–H and O–H groups in total. The van der Waals surface area contributed by atoms with E-state index in [1.807, 2.05) is 0 Å². The first-order valence-electron chi connectivity index (χ1n) is 5.49. The van der Waals surface area contributed by atoms with Gasteiger partial charge in [-0.1, -0.05) is 0 Å². The molecule has 0 aliphatic heterocycles. The van der Waals surface area contributed by atoms with E-state index in [1.54, 1.807) is 0 Å². The number of nitrogens with zero attached hydrogens (tertiary/aromatic N) is 3. The maximum Gasteiger partial charge on any atom is 0.322 e. The van der Waals surface area contributed by atoms with E-state index in [2.05, 4.69) is 10.4 Å². The van der Waals surface area contributed by atoms with Crippen LogP contribution in [0.3, 0.4) is 0 Å². The van der Waals surface area contributed by atoms with Gasteiger partial charge in [0, 0.05) is 20.0 Å². The quantitative estimate of drug-likeness (QED) is 0.362. The van der Waals surface area contributed by atoms with Gasteiger partial charge < -0.3 is 5.32 Å². The number of nitrogens with one attached hydrogen (secondary N) is 1. The molecule has 1 amide bonds. The molecule has 0 saturated carbocycles. The summed E-state index contributed by atoms with van der Waals surface area (Å²) in [6.07, 6.45) is 0.499. The van der Waals surface area contributed by atoms with Gasteiger partial charge in [-0.2, -0.15) is 5.10 Å². The molecule has 0 aliphatic carbocycles. The second-order valence-electron chi connectivity index (χ2n) is 3.88. The average Bonchev–Trinajstić information content (AvgIpc) is 2.61. The van der Waals surface area contributed by atoms with Crippen molar-refractivity contribution in [3.05, 3.63) is 21.5 Å². The third-order valence-corrected chi connectivity index (χ3v) is 2.72. The Morgan fingerprint density at radius 2 is 2.16 bits per heavy atom. The lowest BCUT2D eigenvalue weighted by Gasteiger charge is -2.01. The van der Waals surface area contributed by atoms with Crippen molar-refractivity contribution in [2.75, 3.05) is 6.54 Å². The number of nitro groups is 1. The molecule has 0 unspecified atom stereocenters. The number of hydrogen-bond donors (Lipinski definition) is 1. The summed E-state index contributed by atoms with van der Waals surface area (Å²) >= 11 is 5.14. The smallest absolute Gasteiger partial charge is 0.322 e. The van der Waals surface area contributed by atoms with Gasteiger partial charge in [0.25, 0.3) is 5.91 Å². The van der Waals surface area contributed by atoms with E-state index < -0.39 is 16.1 Å². The van der Waals surface area contributed by atoms with E-state index in [0.29, 0.717) is 12.1 Å². The molecule has 0 spiro atoms. The molecule has 0 fully saturated rings. The minimum Gasteiger partial charge on any atom is -0.350 e. The molecule has 1 aromatic heterocycles. The van der Waals surface area contributed by atoms with Crippen LogP contribution in [0.4, 0.5) is 5.69 Å². The van der Waals surface area contributed by atoms with Crippen LogP contribution in [0.2, 0.25) is 0 Å². The summed E-state index contributed by atoms with van der Waals surface area (Å²) in [7, 11) is 1.52. The standard InChI is InChI=1S/C10H13ClN4O4/c1-6-9(15(18)19)8(13-14(6)2)10(17)12-5-3-4-7(11)16/h3-5H2,1-2H3,(H,12,17). The number of amides is 1. The first kappa shape index (κ1) is 15.1. The number of aryl methyl sites for hydroxylation is 1. The van der Waals surface area contributed by atoms with E-state index in [9.17, 15) is 19.7 Å². The summed E-state index contributed by atoms with van der Waals surface area (Å²) in [6.45, 7) is 1.71. The lowest BCUT2D eigenvalue weighted by atomic mass is 10.2. The lowest BCUT2D eigenvalue weighted by Crippen LogP contribution is -2.26. The number of carbonyl (C=O) groups excluding carboxylic acids is 2. The largest absolute Gasteiger partial charge is 0.350 e. The molecule has 1 aromatic rings. The van der Waals surface area contributed by atoms with Crippen molar-refractivity contribution < 1.29 is 14.5 Å². The summed E-state index contributed by atoms with van der Waals surface area (Å²) in [6, 6.07) is 0. The Hall–Kier alpha value is -1.96. The third-order valence-electron chi connectivity index (χ3n) is 2.54. The monoisotopic (exact) mass is 288 g/mol. The minimum atomic E-state index is -0.641. The van der Waals surface area contributed by atoms with Crippen LogP contribution in [-0.2, 0) is 11.8 Å². The fourth-order valence-electron chi connectivity index (χ4n) is 1.48. The molecule has 8 nitrogen and oxygen atoms in total. The Morgan fingerprint density at radius 3 is 2.68 bits per heavy atom. The molecule has 0 aliphatic rings. The second kappa shape index (κ2) is 6.28. The van der Waals surface area contributed by atoms with Crippen LogP contribution >= 0.6 is 11.6 Å². The summed E-state index contributed by atoms with van der Waals surface area (Å²) in [5.74, 6) is -0.641. The van der Waals surface area contributed by atoms with Crippen molar-refractivity contribution in [2.24, 2.45) is 7.05 Å². The summed E-state index contributed by atoms with van der Waals surface area (Å²) in [5.41, 5.74) is -0.248. The van der Waals surface area contributed by atoms with E-state index in [1.165, 1.54) is 18.7 Å². The highest BCUT2D eigenvalue weighted by Gasteiger charge is 2.28. The zero-order chi connectivity index (χ0) is 14.6. The molecule has 0 atom stereocenters. The average molecular weight is 289 g/mol. The zero-order valence-electron chi connectivity index (χ0n) is 10.5. The first-order chi connectivity index (χ1) is 8.84.